The van der Waals surface area contributed by atoms with Crippen molar-refractivity contribution in [1.29, 1.82) is 0 Å². The van der Waals surface area contributed by atoms with Crippen LogP contribution in [0.1, 0.15) is 18.5 Å². The van der Waals surface area contributed by atoms with Crippen molar-refractivity contribution >= 4 is 5.69 Å². The number of rotatable bonds is 4. The minimum atomic E-state index is 0.183. The zero-order valence-corrected chi connectivity index (χ0v) is 11.1. The van der Waals surface area contributed by atoms with Crippen LogP contribution >= 0.6 is 0 Å². The van der Waals surface area contributed by atoms with Crippen molar-refractivity contribution in [2.45, 2.75) is 13.0 Å². The molecule has 0 fully saturated rings. The van der Waals surface area contributed by atoms with Crippen molar-refractivity contribution < 1.29 is 0 Å². The molecule has 0 saturated carbocycles. The van der Waals surface area contributed by atoms with Gasteiger partial charge in [-0.25, -0.2) is 14.6 Å². The molecule has 0 saturated heterocycles. The lowest BCUT2D eigenvalue weighted by Crippen LogP contribution is -2.10. The molecule has 0 spiro atoms. The predicted molar refractivity (Wildman–Crippen MR) is 77.6 cm³/mol. The number of anilines is 1. The Morgan fingerprint density at radius 2 is 1.95 bits per heavy atom. The van der Waals surface area contributed by atoms with Gasteiger partial charge in [0, 0.05) is 12.2 Å². The van der Waals surface area contributed by atoms with E-state index in [1.807, 2.05) is 30.3 Å². The van der Waals surface area contributed by atoms with E-state index in [1.54, 1.807) is 17.2 Å². The first-order valence-corrected chi connectivity index (χ1v) is 6.46. The van der Waals surface area contributed by atoms with E-state index in [0.29, 0.717) is 0 Å². The Morgan fingerprint density at radius 3 is 2.70 bits per heavy atom. The average Bonchev–Trinajstić information content (AvgIpc) is 3.03. The number of nitrogens with zero attached hydrogens (tertiary/aromatic N) is 4. The number of hydrogen-bond donors (Lipinski definition) is 1. The van der Waals surface area contributed by atoms with Gasteiger partial charge < -0.3 is 5.32 Å². The van der Waals surface area contributed by atoms with Crippen LogP contribution in [0, 0.1) is 0 Å². The van der Waals surface area contributed by atoms with Gasteiger partial charge in [-0.2, -0.15) is 5.10 Å². The number of benzene rings is 1. The summed E-state index contributed by atoms with van der Waals surface area (Å²) in [5.74, 6) is 0.743. The maximum absolute atomic E-state index is 4.37. The first-order valence-electron chi connectivity index (χ1n) is 6.46. The number of nitrogens with one attached hydrogen (secondary N) is 1. The highest BCUT2D eigenvalue weighted by Gasteiger charge is 2.10. The third-order valence-corrected chi connectivity index (χ3v) is 3.09. The van der Waals surface area contributed by atoms with E-state index < -0.39 is 0 Å². The molecular weight excluding hydrogens is 250 g/mol. The summed E-state index contributed by atoms with van der Waals surface area (Å²) < 4.78 is 1.65. The Morgan fingerprint density at radius 1 is 1.10 bits per heavy atom. The van der Waals surface area contributed by atoms with E-state index in [4.69, 9.17) is 0 Å². The van der Waals surface area contributed by atoms with Gasteiger partial charge in [0.25, 0.3) is 0 Å². The van der Waals surface area contributed by atoms with Crippen molar-refractivity contribution in [3.63, 3.8) is 0 Å². The summed E-state index contributed by atoms with van der Waals surface area (Å²) in [6, 6.07) is 14.4. The van der Waals surface area contributed by atoms with Gasteiger partial charge in [-0.15, -0.1) is 0 Å². The third-order valence-electron chi connectivity index (χ3n) is 3.09. The third kappa shape index (κ3) is 2.51. The average molecular weight is 265 g/mol. The van der Waals surface area contributed by atoms with Crippen LogP contribution in [0.25, 0.3) is 5.82 Å². The highest BCUT2D eigenvalue weighted by atomic mass is 15.3. The summed E-state index contributed by atoms with van der Waals surface area (Å²) in [6.45, 7) is 2.12. The van der Waals surface area contributed by atoms with E-state index in [9.17, 15) is 0 Å². The first kappa shape index (κ1) is 12.3. The molecule has 5 heteroatoms. The van der Waals surface area contributed by atoms with Gasteiger partial charge in [-0.05, 0) is 24.6 Å². The second-order valence-electron chi connectivity index (χ2n) is 4.49. The molecule has 1 atom stereocenters. The molecule has 100 valence electrons. The van der Waals surface area contributed by atoms with Gasteiger partial charge in [-0.1, -0.05) is 30.3 Å². The molecule has 20 heavy (non-hydrogen) atoms. The summed E-state index contributed by atoms with van der Waals surface area (Å²) in [5, 5.41) is 7.59. The van der Waals surface area contributed by atoms with Crippen molar-refractivity contribution in [2.24, 2.45) is 0 Å². The van der Waals surface area contributed by atoms with Gasteiger partial charge in [0.2, 0.25) is 0 Å². The molecule has 0 aliphatic carbocycles. The topological polar surface area (TPSA) is 55.6 Å². The van der Waals surface area contributed by atoms with E-state index in [0.717, 1.165) is 11.5 Å². The second-order valence-corrected chi connectivity index (χ2v) is 4.49. The summed E-state index contributed by atoms with van der Waals surface area (Å²) in [5.41, 5.74) is 2.15. The Balaban J connectivity index is 1.88. The van der Waals surface area contributed by atoms with Gasteiger partial charge in [0.15, 0.2) is 5.82 Å². The van der Waals surface area contributed by atoms with Gasteiger partial charge in [0.1, 0.15) is 12.7 Å². The largest absolute Gasteiger partial charge is 0.375 e. The van der Waals surface area contributed by atoms with Crippen LogP contribution in [0.15, 0.2) is 61.3 Å². The highest BCUT2D eigenvalue weighted by Crippen LogP contribution is 2.22. The SMILES string of the molecule is CC(Nc1cccnc1-n1cncn1)c1ccccc1. The molecule has 0 bridgehead atoms. The maximum Gasteiger partial charge on any atom is 0.178 e. The number of hydrogen-bond acceptors (Lipinski definition) is 4. The minimum Gasteiger partial charge on any atom is -0.375 e. The zero-order chi connectivity index (χ0) is 13.8. The monoisotopic (exact) mass is 265 g/mol. The molecule has 3 rings (SSSR count). The van der Waals surface area contributed by atoms with Gasteiger partial charge >= 0.3 is 0 Å². The molecule has 2 aromatic heterocycles. The first-order chi connectivity index (χ1) is 9.84. The molecule has 2 heterocycles. The van der Waals surface area contributed by atoms with Crippen LogP contribution in [0.5, 0.6) is 0 Å². The van der Waals surface area contributed by atoms with E-state index in [-0.39, 0.29) is 6.04 Å². The van der Waals surface area contributed by atoms with Crippen LogP contribution in [-0.2, 0) is 0 Å². The summed E-state index contributed by atoms with van der Waals surface area (Å²) >= 11 is 0. The van der Waals surface area contributed by atoms with Crippen molar-refractivity contribution in [1.82, 2.24) is 19.7 Å². The number of aromatic nitrogens is 4. The number of pyridine rings is 1. The van der Waals surface area contributed by atoms with Crippen LogP contribution < -0.4 is 5.32 Å². The van der Waals surface area contributed by atoms with Gasteiger partial charge in [0.05, 0.1) is 5.69 Å². The minimum absolute atomic E-state index is 0.183. The molecule has 5 nitrogen and oxygen atoms in total. The lowest BCUT2D eigenvalue weighted by atomic mass is 10.1. The Kier molecular flexibility index (Phi) is 3.41. The normalized spacial score (nSPS) is 12.1. The van der Waals surface area contributed by atoms with Crippen LogP contribution in [0.3, 0.4) is 0 Å². The summed E-state index contributed by atoms with van der Waals surface area (Å²) in [7, 11) is 0. The summed E-state index contributed by atoms with van der Waals surface area (Å²) in [4.78, 5) is 8.33. The lowest BCUT2D eigenvalue weighted by Gasteiger charge is -2.17. The van der Waals surface area contributed by atoms with Crippen LogP contribution in [0.4, 0.5) is 5.69 Å². The Hall–Kier alpha value is -2.69. The highest BCUT2D eigenvalue weighted by molar-refractivity contribution is 5.57. The van der Waals surface area contributed by atoms with Crippen molar-refractivity contribution in [3.05, 3.63) is 66.9 Å². The van der Waals surface area contributed by atoms with Crippen LogP contribution in [0.2, 0.25) is 0 Å². The van der Waals surface area contributed by atoms with E-state index in [1.165, 1.54) is 11.9 Å². The fourth-order valence-corrected chi connectivity index (χ4v) is 2.07. The second kappa shape index (κ2) is 5.52. The van der Waals surface area contributed by atoms with Crippen LogP contribution in [-0.4, -0.2) is 19.7 Å². The van der Waals surface area contributed by atoms with Gasteiger partial charge in [-0.3, -0.25) is 0 Å². The Labute approximate surface area is 117 Å². The molecule has 1 unspecified atom stereocenters. The molecule has 0 radical (unpaired) electrons. The molecule has 0 amide bonds. The zero-order valence-electron chi connectivity index (χ0n) is 11.1. The predicted octanol–water partition coefficient (Wildman–Crippen LogP) is 2.84. The molecule has 0 aliphatic rings. The molecule has 3 aromatic rings. The standard InChI is InChI=1S/C15H15N5/c1-12(13-6-3-2-4-7-13)19-14-8-5-9-17-15(14)20-11-16-10-18-20/h2-12,19H,1H3. The van der Waals surface area contributed by atoms with E-state index >= 15 is 0 Å². The molecule has 1 N–H and O–H groups in total. The Bertz CT molecular complexity index is 664. The van der Waals surface area contributed by atoms with Crippen molar-refractivity contribution in [3.8, 4) is 5.82 Å². The molecule has 0 aliphatic heterocycles. The van der Waals surface area contributed by atoms with Crippen molar-refractivity contribution in [2.75, 3.05) is 5.32 Å². The lowest BCUT2D eigenvalue weighted by molar-refractivity contribution is 0.828. The molecule has 1 aromatic carbocycles. The quantitative estimate of drug-likeness (QED) is 0.788. The fraction of sp³-hybridized carbons (Fsp3) is 0.133. The maximum atomic E-state index is 4.37. The molecular formula is C15H15N5. The fourth-order valence-electron chi connectivity index (χ4n) is 2.07. The van der Waals surface area contributed by atoms with E-state index in [2.05, 4.69) is 39.4 Å². The summed E-state index contributed by atoms with van der Waals surface area (Å²) in [6.07, 6.45) is 4.88. The smallest absolute Gasteiger partial charge is 0.178 e.